The van der Waals surface area contributed by atoms with Crippen molar-refractivity contribution in [2.24, 2.45) is 0 Å². The molecule has 0 radical (unpaired) electrons. The van der Waals surface area contributed by atoms with Gasteiger partial charge in [-0.1, -0.05) is 0 Å². The van der Waals surface area contributed by atoms with E-state index in [1.54, 1.807) is 6.92 Å². The Hall–Kier alpha value is -2.18. The van der Waals surface area contributed by atoms with Gasteiger partial charge in [-0.15, -0.1) is 10.2 Å². The summed E-state index contributed by atoms with van der Waals surface area (Å²) in [5.41, 5.74) is 5.44. The van der Waals surface area contributed by atoms with Crippen LogP contribution in [0.5, 0.6) is 0 Å². The number of carbonyl (C=O) groups excluding carboxylic acids is 2. The van der Waals surface area contributed by atoms with Gasteiger partial charge in [-0.25, -0.2) is 0 Å². The van der Waals surface area contributed by atoms with Crippen LogP contribution in [0.4, 0.5) is 5.82 Å². The number of carbonyl (C=O) groups is 2. The lowest BCUT2D eigenvalue weighted by Gasteiger charge is -2.11. The average Bonchev–Trinajstić information content (AvgIpc) is 2.28. The monoisotopic (exact) mass is 223 g/mol. The van der Waals surface area contributed by atoms with Crippen LogP contribution in [0.1, 0.15) is 17.4 Å². The number of likely N-dealkylation sites (N-methyl/N-ethyl adjacent to an activating group) is 1. The molecule has 1 heterocycles. The number of nitrogens with two attached hydrogens (primary N) is 1. The van der Waals surface area contributed by atoms with Gasteiger partial charge < -0.3 is 16.4 Å². The molecule has 2 amide bonds. The van der Waals surface area contributed by atoms with Crippen molar-refractivity contribution < 1.29 is 9.59 Å². The SMILES string of the molecule is CNC(=O)C(C)NC(=O)c1ccc(N)nn1. The molecule has 1 aromatic heterocycles. The Morgan fingerprint density at radius 2 is 2.06 bits per heavy atom. The highest BCUT2D eigenvalue weighted by molar-refractivity contribution is 5.95. The first kappa shape index (κ1) is 11.9. The zero-order valence-electron chi connectivity index (χ0n) is 9.02. The lowest BCUT2D eigenvalue weighted by atomic mass is 10.3. The van der Waals surface area contributed by atoms with Crippen LogP contribution < -0.4 is 16.4 Å². The van der Waals surface area contributed by atoms with Gasteiger partial charge in [-0.05, 0) is 19.1 Å². The number of hydrogen-bond donors (Lipinski definition) is 3. The third-order valence-electron chi connectivity index (χ3n) is 1.91. The van der Waals surface area contributed by atoms with Gasteiger partial charge in [-0.2, -0.15) is 0 Å². The van der Waals surface area contributed by atoms with E-state index in [1.807, 2.05) is 0 Å². The van der Waals surface area contributed by atoms with Crippen molar-refractivity contribution in [2.75, 3.05) is 12.8 Å². The van der Waals surface area contributed by atoms with Crippen LogP contribution in [-0.4, -0.2) is 35.1 Å². The van der Waals surface area contributed by atoms with Gasteiger partial charge in [0.2, 0.25) is 5.91 Å². The van der Waals surface area contributed by atoms with E-state index in [1.165, 1.54) is 19.2 Å². The normalized spacial score (nSPS) is 11.6. The predicted octanol–water partition coefficient (Wildman–Crippen LogP) is -1.08. The Labute approximate surface area is 92.4 Å². The van der Waals surface area contributed by atoms with Gasteiger partial charge in [0.25, 0.3) is 5.91 Å². The van der Waals surface area contributed by atoms with Crippen LogP contribution in [0.3, 0.4) is 0 Å². The summed E-state index contributed by atoms with van der Waals surface area (Å²) in [7, 11) is 1.49. The third-order valence-corrected chi connectivity index (χ3v) is 1.91. The van der Waals surface area contributed by atoms with E-state index in [0.717, 1.165) is 0 Å². The molecule has 4 N–H and O–H groups in total. The van der Waals surface area contributed by atoms with Gasteiger partial charge in [-0.3, -0.25) is 9.59 Å². The second-order valence-corrected chi connectivity index (χ2v) is 3.15. The summed E-state index contributed by atoms with van der Waals surface area (Å²) in [6, 6.07) is 2.28. The maximum Gasteiger partial charge on any atom is 0.272 e. The van der Waals surface area contributed by atoms with Crippen LogP contribution in [-0.2, 0) is 4.79 Å². The number of anilines is 1. The first-order valence-corrected chi connectivity index (χ1v) is 4.66. The Kier molecular flexibility index (Phi) is 3.76. The fourth-order valence-corrected chi connectivity index (χ4v) is 1.02. The summed E-state index contributed by atoms with van der Waals surface area (Å²) in [5.74, 6) is -0.517. The molecule has 1 unspecified atom stereocenters. The number of nitrogen functional groups attached to an aromatic ring is 1. The van der Waals surface area contributed by atoms with E-state index in [2.05, 4.69) is 20.8 Å². The number of nitrogens with zero attached hydrogens (tertiary/aromatic N) is 2. The molecule has 0 saturated carbocycles. The number of rotatable bonds is 3. The Bertz CT molecular complexity index is 389. The number of aromatic nitrogens is 2. The maximum atomic E-state index is 11.6. The molecule has 0 spiro atoms. The highest BCUT2D eigenvalue weighted by Gasteiger charge is 2.16. The fraction of sp³-hybridized carbons (Fsp3) is 0.333. The quantitative estimate of drug-likeness (QED) is 0.604. The van der Waals surface area contributed by atoms with Gasteiger partial charge >= 0.3 is 0 Å². The molecule has 1 aromatic rings. The van der Waals surface area contributed by atoms with Gasteiger partial charge in [0.1, 0.15) is 11.9 Å². The van der Waals surface area contributed by atoms with E-state index in [0.29, 0.717) is 0 Å². The van der Waals surface area contributed by atoms with E-state index in [-0.39, 0.29) is 17.4 Å². The summed E-state index contributed by atoms with van der Waals surface area (Å²) < 4.78 is 0. The second-order valence-electron chi connectivity index (χ2n) is 3.15. The molecular formula is C9H13N5O2. The molecule has 1 atom stereocenters. The smallest absolute Gasteiger partial charge is 0.272 e. The van der Waals surface area contributed by atoms with E-state index in [9.17, 15) is 9.59 Å². The lowest BCUT2D eigenvalue weighted by molar-refractivity contribution is -0.122. The molecule has 0 aliphatic carbocycles. The minimum Gasteiger partial charge on any atom is -0.382 e. The van der Waals surface area contributed by atoms with Crippen LogP contribution in [0.25, 0.3) is 0 Å². The van der Waals surface area contributed by atoms with Crippen molar-refractivity contribution in [3.63, 3.8) is 0 Å². The summed E-state index contributed by atoms with van der Waals surface area (Å²) in [5, 5.41) is 12.0. The minimum atomic E-state index is -0.628. The predicted molar refractivity (Wildman–Crippen MR) is 57.4 cm³/mol. The van der Waals surface area contributed by atoms with E-state index >= 15 is 0 Å². The van der Waals surface area contributed by atoms with Crippen LogP contribution in [0.2, 0.25) is 0 Å². The molecule has 86 valence electrons. The van der Waals surface area contributed by atoms with Crippen molar-refractivity contribution in [2.45, 2.75) is 13.0 Å². The summed E-state index contributed by atoms with van der Waals surface area (Å²) >= 11 is 0. The number of amides is 2. The molecule has 7 heteroatoms. The molecule has 0 aromatic carbocycles. The van der Waals surface area contributed by atoms with Crippen LogP contribution in [0, 0.1) is 0 Å². The molecule has 0 fully saturated rings. The fourth-order valence-electron chi connectivity index (χ4n) is 1.02. The van der Waals surface area contributed by atoms with Gasteiger partial charge in [0.05, 0.1) is 0 Å². The first-order chi connectivity index (χ1) is 7.54. The van der Waals surface area contributed by atoms with Crippen molar-refractivity contribution in [3.05, 3.63) is 17.8 Å². The van der Waals surface area contributed by atoms with E-state index in [4.69, 9.17) is 5.73 Å². The Morgan fingerprint density at radius 3 is 2.56 bits per heavy atom. The van der Waals surface area contributed by atoms with Crippen molar-refractivity contribution >= 4 is 17.6 Å². The van der Waals surface area contributed by atoms with Crippen molar-refractivity contribution in [3.8, 4) is 0 Å². The van der Waals surface area contributed by atoms with Gasteiger partial charge in [0.15, 0.2) is 5.69 Å². The Morgan fingerprint density at radius 1 is 1.38 bits per heavy atom. The van der Waals surface area contributed by atoms with Crippen molar-refractivity contribution in [1.82, 2.24) is 20.8 Å². The van der Waals surface area contributed by atoms with Crippen LogP contribution >= 0.6 is 0 Å². The highest BCUT2D eigenvalue weighted by atomic mass is 16.2. The third kappa shape index (κ3) is 2.91. The highest BCUT2D eigenvalue weighted by Crippen LogP contribution is 1.97. The zero-order chi connectivity index (χ0) is 12.1. The lowest BCUT2D eigenvalue weighted by Crippen LogP contribution is -2.43. The topological polar surface area (TPSA) is 110 Å². The largest absolute Gasteiger partial charge is 0.382 e. The molecule has 0 aliphatic rings. The molecule has 0 bridgehead atoms. The summed E-state index contributed by atoms with van der Waals surface area (Å²) in [6.45, 7) is 1.57. The molecule has 7 nitrogen and oxygen atoms in total. The molecule has 1 rings (SSSR count). The second kappa shape index (κ2) is 5.06. The first-order valence-electron chi connectivity index (χ1n) is 4.66. The standard InChI is InChI=1S/C9H13N5O2/c1-5(8(15)11-2)12-9(16)6-3-4-7(10)14-13-6/h3-5H,1-2H3,(H2,10,14)(H,11,15)(H,12,16). The zero-order valence-corrected chi connectivity index (χ0v) is 9.02. The minimum absolute atomic E-state index is 0.116. The van der Waals surface area contributed by atoms with E-state index < -0.39 is 11.9 Å². The molecular weight excluding hydrogens is 210 g/mol. The summed E-state index contributed by atoms with van der Waals surface area (Å²) in [4.78, 5) is 22.7. The maximum absolute atomic E-state index is 11.6. The van der Waals surface area contributed by atoms with Crippen molar-refractivity contribution in [1.29, 1.82) is 0 Å². The Balaban J connectivity index is 2.65. The number of hydrogen-bond acceptors (Lipinski definition) is 5. The molecule has 0 aliphatic heterocycles. The number of nitrogens with one attached hydrogen (secondary N) is 2. The summed E-state index contributed by atoms with van der Waals surface area (Å²) in [6.07, 6.45) is 0. The van der Waals surface area contributed by atoms with Gasteiger partial charge in [0, 0.05) is 7.05 Å². The molecule has 16 heavy (non-hydrogen) atoms. The average molecular weight is 223 g/mol. The molecule has 0 saturated heterocycles. The van der Waals surface area contributed by atoms with Crippen LogP contribution in [0.15, 0.2) is 12.1 Å².